The SMILES string of the molecule is N#Cc1ccc(-c2nnc(NC3N=C(c4ccccc4)c4ccccc4CC3=O)s2)cc1. The van der Waals surface area contributed by atoms with Crippen LogP contribution in [0.4, 0.5) is 5.13 Å². The van der Waals surface area contributed by atoms with Crippen LogP contribution < -0.4 is 5.32 Å². The minimum atomic E-state index is -0.764. The number of rotatable bonds is 4. The lowest BCUT2D eigenvalue weighted by Gasteiger charge is -2.12. The molecule has 1 unspecified atom stereocenters. The second kappa shape index (κ2) is 8.53. The Morgan fingerprint density at radius 1 is 0.906 bits per heavy atom. The summed E-state index contributed by atoms with van der Waals surface area (Å²) in [4.78, 5) is 17.9. The third-order valence-electron chi connectivity index (χ3n) is 5.19. The third-order valence-corrected chi connectivity index (χ3v) is 6.10. The zero-order valence-corrected chi connectivity index (χ0v) is 17.7. The number of hydrogen-bond donors (Lipinski definition) is 1. The van der Waals surface area contributed by atoms with E-state index in [4.69, 9.17) is 10.3 Å². The topological polar surface area (TPSA) is 91.0 Å². The molecule has 0 spiro atoms. The van der Waals surface area contributed by atoms with Crippen LogP contribution in [-0.2, 0) is 11.2 Å². The lowest BCUT2D eigenvalue weighted by atomic mass is 9.96. The number of carbonyl (C=O) groups is 1. The smallest absolute Gasteiger partial charge is 0.207 e. The van der Waals surface area contributed by atoms with E-state index < -0.39 is 6.17 Å². The molecule has 4 aromatic rings. The molecular weight excluding hydrogens is 418 g/mol. The van der Waals surface area contributed by atoms with Crippen LogP contribution in [0.25, 0.3) is 10.6 Å². The van der Waals surface area contributed by atoms with Crippen molar-refractivity contribution >= 4 is 28.0 Å². The number of carbonyl (C=O) groups excluding carboxylic acids is 1. The Hall–Kier alpha value is -4.15. The first kappa shape index (κ1) is 19.8. The molecular formula is C25H17N5OS. The molecule has 154 valence electrons. The number of benzene rings is 3. The predicted octanol–water partition coefficient (Wildman–Crippen LogP) is 4.48. The normalized spacial score (nSPS) is 15.3. The van der Waals surface area contributed by atoms with E-state index in [1.165, 1.54) is 11.3 Å². The number of hydrogen-bond acceptors (Lipinski definition) is 7. The van der Waals surface area contributed by atoms with E-state index in [9.17, 15) is 4.79 Å². The zero-order valence-electron chi connectivity index (χ0n) is 16.9. The summed E-state index contributed by atoms with van der Waals surface area (Å²) in [6.45, 7) is 0. The second-order valence-corrected chi connectivity index (χ2v) is 8.27. The van der Waals surface area contributed by atoms with Gasteiger partial charge in [-0.25, -0.2) is 0 Å². The maximum absolute atomic E-state index is 13.1. The summed E-state index contributed by atoms with van der Waals surface area (Å²) in [7, 11) is 0. The van der Waals surface area contributed by atoms with E-state index in [0.29, 0.717) is 15.7 Å². The van der Waals surface area contributed by atoms with Crippen molar-refractivity contribution < 1.29 is 4.79 Å². The zero-order chi connectivity index (χ0) is 21.9. The van der Waals surface area contributed by atoms with Crippen LogP contribution in [0.3, 0.4) is 0 Å². The largest absolute Gasteiger partial charge is 0.332 e. The molecule has 5 rings (SSSR count). The maximum atomic E-state index is 13.1. The molecule has 1 aromatic heterocycles. The van der Waals surface area contributed by atoms with E-state index >= 15 is 0 Å². The first-order chi connectivity index (χ1) is 15.7. The molecule has 0 radical (unpaired) electrons. The fraction of sp³-hybridized carbons (Fsp3) is 0.0800. The Morgan fingerprint density at radius 2 is 1.66 bits per heavy atom. The molecule has 1 atom stereocenters. The lowest BCUT2D eigenvalue weighted by molar-refractivity contribution is -0.118. The number of nitrogens with one attached hydrogen (secondary N) is 1. The Kier molecular flexibility index (Phi) is 5.28. The van der Waals surface area contributed by atoms with E-state index in [2.05, 4.69) is 21.6 Å². The Morgan fingerprint density at radius 3 is 2.44 bits per heavy atom. The summed E-state index contributed by atoms with van der Waals surface area (Å²) >= 11 is 1.35. The minimum Gasteiger partial charge on any atom is -0.332 e. The molecule has 1 aliphatic rings. The van der Waals surface area contributed by atoms with Crippen molar-refractivity contribution in [2.45, 2.75) is 12.6 Å². The maximum Gasteiger partial charge on any atom is 0.207 e. The summed E-state index contributed by atoms with van der Waals surface area (Å²) < 4.78 is 0. The van der Waals surface area contributed by atoms with E-state index in [0.717, 1.165) is 28.0 Å². The van der Waals surface area contributed by atoms with Crippen molar-refractivity contribution in [1.82, 2.24) is 10.2 Å². The second-order valence-electron chi connectivity index (χ2n) is 7.29. The lowest BCUT2D eigenvalue weighted by Crippen LogP contribution is -2.28. The molecule has 2 heterocycles. The van der Waals surface area contributed by atoms with Crippen molar-refractivity contribution in [1.29, 1.82) is 5.26 Å². The Labute approximate surface area is 188 Å². The van der Waals surface area contributed by atoms with Gasteiger partial charge in [0.25, 0.3) is 0 Å². The van der Waals surface area contributed by atoms with Crippen LogP contribution in [0.1, 0.15) is 22.3 Å². The van der Waals surface area contributed by atoms with Gasteiger partial charge in [0, 0.05) is 23.1 Å². The van der Waals surface area contributed by atoms with Crippen LogP contribution in [0.15, 0.2) is 83.9 Å². The van der Waals surface area contributed by atoms with Crippen molar-refractivity contribution in [2.24, 2.45) is 4.99 Å². The van der Waals surface area contributed by atoms with Gasteiger partial charge in [0.15, 0.2) is 11.9 Å². The highest BCUT2D eigenvalue weighted by molar-refractivity contribution is 7.18. The van der Waals surface area contributed by atoms with Crippen molar-refractivity contribution in [2.75, 3.05) is 5.32 Å². The highest BCUT2D eigenvalue weighted by atomic mass is 32.1. The van der Waals surface area contributed by atoms with Gasteiger partial charge >= 0.3 is 0 Å². The van der Waals surface area contributed by atoms with Gasteiger partial charge in [0.2, 0.25) is 5.13 Å². The minimum absolute atomic E-state index is 0.0292. The molecule has 0 aliphatic carbocycles. The van der Waals surface area contributed by atoms with Crippen LogP contribution >= 0.6 is 11.3 Å². The van der Waals surface area contributed by atoms with Gasteiger partial charge in [0.1, 0.15) is 5.01 Å². The number of nitrogens with zero attached hydrogens (tertiary/aromatic N) is 4. The molecule has 0 saturated heterocycles. The van der Waals surface area contributed by atoms with Crippen LogP contribution in [0.5, 0.6) is 0 Å². The van der Waals surface area contributed by atoms with Crippen molar-refractivity contribution in [3.05, 3.63) is 101 Å². The molecule has 0 amide bonds. The molecule has 32 heavy (non-hydrogen) atoms. The molecule has 0 fully saturated rings. The predicted molar refractivity (Wildman–Crippen MR) is 125 cm³/mol. The monoisotopic (exact) mass is 435 g/mol. The summed E-state index contributed by atoms with van der Waals surface area (Å²) in [6, 6.07) is 27.0. The average Bonchev–Trinajstić information content (AvgIpc) is 3.26. The fourth-order valence-electron chi connectivity index (χ4n) is 3.60. The third kappa shape index (κ3) is 3.92. The number of aliphatic imine (C=N–C) groups is 1. The van der Waals surface area contributed by atoms with Gasteiger partial charge in [-0.2, -0.15) is 5.26 Å². The number of aromatic nitrogens is 2. The van der Waals surface area contributed by atoms with Crippen LogP contribution in [0, 0.1) is 11.3 Å². The highest BCUT2D eigenvalue weighted by Gasteiger charge is 2.26. The Balaban J connectivity index is 1.48. The van der Waals surface area contributed by atoms with Gasteiger partial charge < -0.3 is 5.32 Å². The standard InChI is InChI=1S/C25H17N5OS/c26-15-16-10-12-18(13-11-16)24-29-30-25(32-24)28-23-21(31)14-19-8-4-5-9-20(19)22(27-23)17-6-2-1-3-7-17/h1-13,23H,14H2,(H,28,30). The molecule has 1 aliphatic heterocycles. The van der Waals surface area contributed by atoms with Gasteiger partial charge in [-0.15, -0.1) is 10.2 Å². The number of Topliss-reactive ketones (excluding diaryl/α,β-unsaturated/α-hetero) is 1. The van der Waals surface area contributed by atoms with Crippen molar-refractivity contribution in [3.63, 3.8) is 0 Å². The van der Waals surface area contributed by atoms with E-state index in [-0.39, 0.29) is 12.2 Å². The van der Waals surface area contributed by atoms with Gasteiger partial charge in [-0.05, 0) is 17.7 Å². The summed E-state index contributed by atoms with van der Waals surface area (Å²) in [5.74, 6) is -0.0292. The van der Waals surface area contributed by atoms with Crippen LogP contribution in [0.2, 0.25) is 0 Å². The van der Waals surface area contributed by atoms with Gasteiger partial charge in [-0.1, -0.05) is 78.1 Å². The first-order valence-electron chi connectivity index (χ1n) is 10.1. The number of anilines is 1. The first-order valence-corrected chi connectivity index (χ1v) is 10.9. The Bertz CT molecular complexity index is 1350. The van der Waals surface area contributed by atoms with E-state index in [1.807, 2.05) is 66.7 Å². The van der Waals surface area contributed by atoms with Crippen LogP contribution in [-0.4, -0.2) is 27.9 Å². The summed E-state index contributed by atoms with van der Waals surface area (Å²) in [5, 5.41) is 21.8. The fourth-order valence-corrected chi connectivity index (χ4v) is 4.37. The summed E-state index contributed by atoms with van der Waals surface area (Å²) in [6.07, 6.45) is -0.478. The number of ketones is 1. The van der Waals surface area contributed by atoms with Crippen molar-refractivity contribution in [3.8, 4) is 16.6 Å². The van der Waals surface area contributed by atoms with Gasteiger partial charge in [0.05, 0.1) is 17.3 Å². The molecule has 0 saturated carbocycles. The highest BCUT2D eigenvalue weighted by Crippen LogP contribution is 2.28. The summed E-state index contributed by atoms with van der Waals surface area (Å²) in [5.41, 5.74) is 5.11. The molecule has 6 nitrogen and oxygen atoms in total. The molecule has 3 aromatic carbocycles. The number of fused-ring (bicyclic) bond motifs is 1. The quantitative estimate of drug-likeness (QED) is 0.510. The number of nitriles is 1. The van der Waals surface area contributed by atoms with Gasteiger partial charge in [-0.3, -0.25) is 9.79 Å². The average molecular weight is 436 g/mol. The molecule has 7 heteroatoms. The van der Waals surface area contributed by atoms with E-state index in [1.54, 1.807) is 12.1 Å². The molecule has 1 N–H and O–H groups in total. The molecule has 0 bridgehead atoms.